The molecule has 1 amide bonds. The van der Waals surface area contributed by atoms with E-state index in [1.165, 1.54) is 4.90 Å². The van der Waals surface area contributed by atoms with Crippen LogP contribution in [0.5, 0.6) is 5.75 Å². The quantitative estimate of drug-likeness (QED) is 0.780. The molecule has 0 saturated carbocycles. The van der Waals surface area contributed by atoms with E-state index in [0.29, 0.717) is 23.9 Å². The van der Waals surface area contributed by atoms with Gasteiger partial charge >= 0.3 is 0 Å². The summed E-state index contributed by atoms with van der Waals surface area (Å²) in [7, 11) is 1.56. The van der Waals surface area contributed by atoms with Crippen LogP contribution in [0.4, 0.5) is 0 Å². The molecule has 5 nitrogen and oxygen atoms in total. The van der Waals surface area contributed by atoms with Crippen molar-refractivity contribution in [3.8, 4) is 5.75 Å². The number of rotatable bonds is 8. The molecule has 1 aromatic carbocycles. The molecule has 1 aromatic rings. The zero-order chi connectivity index (χ0) is 14.1. The van der Waals surface area contributed by atoms with Gasteiger partial charge in [-0.1, -0.05) is 17.7 Å². The van der Waals surface area contributed by atoms with Gasteiger partial charge in [0, 0.05) is 25.2 Å². The number of carbonyl (C=O) groups is 1. The molecular weight excluding hydrogens is 270 g/mol. The second-order valence-electron chi connectivity index (χ2n) is 3.84. The number of halogens is 1. The Kier molecular flexibility index (Phi) is 7.25. The molecule has 6 heteroatoms. The summed E-state index contributed by atoms with van der Waals surface area (Å²) in [5.41, 5.74) is 0. The average molecular weight is 288 g/mol. The first-order valence-electron chi connectivity index (χ1n) is 5.93. The molecule has 106 valence electrons. The van der Waals surface area contributed by atoms with Gasteiger partial charge in [0.05, 0.1) is 13.2 Å². The molecule has 0 aliphatic rings. The Bertz CT molecular complexity index is 400. The fraction of sp³-hybridized carbons (Fsp3) is 0.462. The van der Waals surface area contributed by atoms with Gasteiger partial charge in [-0.25, -0.2) is 0 Å². The lowest BCUT2D eigenvalue weighted by molar-refractivity contribution is -0.134. The fourth-order valence-corrected chi connectivity index (χ4v) is 1.66. The molecule has 0 atom stereocenters. The number of aliphatic hydroxyl groups is 1. The third kappa shape index (κ3) is 5.92. The summed E-state index contributed by atoms with van der Waals surface area (Å²) in [6.45, 7) is 0.926. The van der Waals surface area contributed by atoms with Crippen LogP contribution in [0.2, 0.25) is 5.02 Å². The highest BCUT2D eigenvalue weighted by atomic mass is 35.5. The van der Waals surface area contributed by atoms with Crippen LogP contribution in [0.15, 0.2) is 24.3 Å². The van der Waals surface area contributed by atoms with Crippen molar-refractivity contribution >= 4 is 17.5 Å². The van der Waals surface area contributed by atoms with E-state index in [9.17, 15) is 4.79 Å². The van der Waals surface area contributed by atoms with Crippen LogP contribution in [0.1, 0.15) is 0 Å². The smallest absolute Gasteiger partial charge is 0.260 e. The maximum atomic E-state index is 11.9. The van der Waals surface area contributed by atoms with Gasteiger partial charge in [-0.15, -0.1) is 0 Å². The van der Waals surface area contributed by atoms with Crippen LogP contribution in [-0.4, -0.2) is 55.9 Å². The highest BCUT2D eigenvalue weighted by molar-refractivity contribution is 6.30. The van der Waals surface area contributed by atoms with Crippen molar-refractivity contribution < 1.29 is 19.4 Å². The Morgan fingerprint density at radius 3 is 2.84 bits per heavy atom. The van der Waals surface area contributed by atoms with E-state index in [1.807, 2.05) is 0 Å². The highest BCUT2D eigenvalue weighted by Gasteiger charge is 2.13. The first-order chi connectivity index (χ1) is 9.17. The summed E-state index contributed by atoms with van der Waals surface area (Å²) >= 11 is 5.82. The van der Waals surface area contributed by atoms with E-state index >= 15 is 0 Å². The van der Waals surface area contributed by atoms with Crippen molar-refractivity contribution in [1.29, 1.82) is 0 Å². The lowest BCUT2D eigenvalue weighted by Gasteiger charge is -2.21. The molecule has 1 rings (SSSR count). The summed E-state index contributed by atoms with van der Waals surface area (Å²) in [4.78, 5) is 13.4. The number of hydrogen-bond acceptors (Lipinski definition) is 4. The molecule has 19 heavy (non-hydrogen) atoms. The van der Waals surface area contributed by atoms with E-state index in [4.69, 9.17) is 26.2 Å². The van der Waals surface area contributed by atoms with Crippen LogP contribution >= 0.6 is 11.6 Å². The number of benzene rings is 1. The number of ether oxygens (including phenoxy) is 2. The van der Waals surface area contributed by atoms with Crippen molar-refractivity contribution in [1.82, 2.24) is 4.90 Å². The number of nitrogens with zero attached hydrogens (tertiary/aromatic N) is 1. The predicted octanol–water partition coefficient (Wildman–Crippen LogP) is 1.19. The summed E-state index contributed by atoms with van der Waals surface area (Å²) in [6, 6.07) is 6.84. The van der Waals surface area contributed by atoms with Gasteiger partial charge < -0.3 is 19.5 Å². The van der Waals surface area contributed by atoms with Gasteiger partial charge in [0.15, 0.2) is 6.61 Å². The molecule has 0 saturated heterocycles. The number of amides is 1. The molecule has 0 unspecified atom stereocenters. The standard InChI is InChI=1S/C13H18ClNO4/c1-18-8-6-15(5-7-16)13(17)10-19-12-4-2-3-11(14)9-12/h2-4,9,16H,5-8,10H2,1H3. The predicted molar refractivity (Wildman–Crippen MR) is 72.5 cm³/mol. The van der Waals surface area contributed by atoms with Gasteiger partial charge in [0.25, 0.3) is 5.91 Å². The van der Waals surface area contributed by atoms with E-state index in [1.54, 1.807) is 31.4 Å². The van der Waals surface area contributed by atoms with Crippen LogP contribution in [0, 0.1) is 0 Å². The molecule has 0 heterocycles. The monoisotopic (exact) mass is 287 g/mol. The minimum Gasteiger partial charge on any atom is -0.484 e. The Hall–Kier alpha value is -1.30. The van der Waals surface area contributed by atoms with E-state index < -0.39 is 0 Å². The van der Waals surface area contributed by atoms with Crippen molar-refractivity contribution in [3.63, 3.8) is 0 Å². The second kappa shape index (κ2) is 8.74. The van der Waals surface area contributed by atoms with Crippen molar-refractivity contribution in [3.05, 3.63) is 29.3 Å². The average Bonchev–Trinajstić information content (AvgIpc) is 2.41. The maximum Gasteiger partial charge on any atom is 0.260 e. The number of methoxy groups -OCH3 is 1. The number of hydrogen-bond donors (Lipinski definition) is 1. The van der Waals surface area contributed by atoms with E-state index in [2.05, 4.69) is 0 Å². The van der Waals surface area contributed by atoms with Gasteiger partial charge in [-0.05, 0) is 18.2 Å². The lowest BCUT2D eigenvalue weighted by atomic mass is 10.3. The largest absolute Gasteiger partial charge is 0.484 e. The van der Waals surface area contributed by atoms with Gasteiger partial charge in [-0.3, -0.25) is 4.79 Å². The normalized spacial score (nSPS) is 10.3. The zero-order valence-electron chi connectivity index (χ0n) is 10.8. The Morgan fingerprint density at radius 1 is 1.42 bits per heavy atom. The molecule has 0 spiro atoms. The molecule has 0 fully saturated rings. The number of carbonyl (C=O) groups excluding carboxylic acids is 1. The third-order valence-corrected chi connectivity index (χ3v) is 2.68. The van der Waals surface area contributed by atoms with Crippen LogP contribution in [0.3, 0.4) is 0 Å². The minimum atomic E-state index is -0.203. The highest BCUT2D eigenvalue weighted by Crippen LogP contribution is 2.16. The molecule has 0 radical (unpaired) electrons. The van der Waals surface area contributed by atoms with Gasteiger partial charge in [0.2, 0.25) is 0 Å². The Morgan fingerprint density at radius 2 is 2.21 bits per heavy atom. The van der Waals surface area contributed by atoms with Crippen molar-refractivity contribution in [2.75, 3.05) is 40.0 Å². The molecular formula is C13H18ClNO4. The molecule has 0 aliphatic heterocycles. The first kappa shape index (κ1) is 15.8. The molecule has 0 aliphatic carbocycles. The molecule has 1 N–H and O–H groups in total. The van der Waals surface area contributed by atoms with E-state index in [0.717, 1.165) is 0 Å². The molecule has 0 bridgehead atoms. The van der Waals surface area contributed by atoms with E-state index in [-0.39, 0.29) is 25.7 Å². The Balaban J connectivity index is 2.47. The van der Waals surface area contributed by atoms with Crippen LogP contribution < -0.4 is 4.74 Å². The maximum absolute atomic E-state index is 11.9. The summed E-state index contributed by atoms with van der Waals surface area (Å²) < 4.78 is 10.3. The van der Waals surface area contributed by atoms with Crippen molar-refractivity contribution in [2.24, 2.45) is 0 Å². The Labute approximate surface area is 117 Å². The number of aliphatic hydroxyl groups excluding tert-OH is 1. The van der Waals surface area contributed by atoms with Crippen molar-refractivity contribution in [2.45, 2.75) is 0 Å². The second-order valence-corrected chi connectivity index (χ2v) is 4.28. The van der Waals surface area contributed by atoms with Gasteiger partial charge in [0.1, 0.15) is 5.75 Å². The van der Waals surface area contributed by atoms with Crippen LogP contribution in [-0.2, 0) is 9.53 Å². The summed E-state index contributed by atoms with van der Waals surface area (Å²) in [5.74, 6) is 0.336. The van der Waals surface area contributed by atoms with Gasteiger partial charge in [-0.2, -0.15) is 0 Å². The summed E-state index contributed by atoms with van der Waals surface area (Å²) in [6.07, 6.45) is 0. The summed E-state index contributed by atoms with van der Waals surface area (Å²) in [5, 5.41) is 9.47. The van der Waals surface area contributed by atoms with Crippen LogP contribution in [0.25, 0.3) is 0 Å². The molecule has 0 aromatic heterocycles. The fourth-order valence-electron chi connectivity index (χ4n) is 1.48. The topological polar surface area (TPSA) is 59.0 Å². The lowest BCUT2D eigenvalue weighted by Crippen LogP contribution is -2.39. The minimum absolute atomic E-state index is 0.0907. The zero-order valence-corrected chi connectivity index (χ0v) is 11.6. The third-order valence-electron chi connectivity index (χ3n) is 2.45. The first-order valence-corrected chi connectivity index (χ1v) is 6.31. The SMILES string of the molecule is COCCN(CCO)C(=O)COc1cccc(Cl)c1.